The predicted molar refractivity (Wildman–Crippen MR) is 99.8 cm³/mol. The molecule has 0 saturated heterocycles. The molecule has 29 heavy (non-hydrogen) atoms. The Bertz CT molecular complexity index is 1200. The summed E-state index contributed by atoms with van der Waals surface area (Å²) >= 11 is 0. The molecule has 0 fully saturated rings. The Kier molecular flexibility index (Phi) is 4.77. The first-order valence-corrected chi connectivity index (χ1v) is 8.70. The van der Waals surface area contributed by atoms with Gasteiger partial charge < -0.3 is 5.32 Å². The van der Waals surface area contributed by atoms with Crippen LogP contribution in [-0.4, -0.2) is 40.2 Å². The number of amides is 1. The summed E-state index contributed by atoms with van der Waals surface area (Å²) in [6.07, 6.45) is 4.78. The summed E-state index contributed by atoms with van der Waals surface area (Å²) in [7, 11) is 1.79. The first-order chi connectivity index (χ1) is 14.0. The number of aromatic amines is 1. The molecule has 148 valence electrons. The van der Waals surface area contributed by atoms with Crippen LogP contribution in [0.2, 0.25) is 0 Å². The molecule has 1 aromatic carbocycles. The lowest BCUT2D eigenvalue weighted by Gasteiger charge is -2.00. The highest BCUT2D eigenvalue weighted by Gasteiger charge is 2.14. The minimum atomic E-state index is -0.428. The number of halogens is 1. The smallest absolute Gasteiger partial charge is 0.347 e. The van der Waals surface area contributed by atoms with Crippen LogP contribution in [0.1, 0.15) is 21.6 Å². The third-order valence-corrected chi connectivity index (χ3v) is 4.25. The van der Waals surface area contributed by atoms with Crippen molar-refractivity contribution in [1.82, 2.24) is 39.6 Å². The molecule has 11 heteroatoms. The zero-order valence-electron chi connectivity index (χ0n) is 15.4. The van der Waals surface area contributed by atoms with Crippen molar-refractivity contribution in [2.75, 3.05) is 0 Å². The molecule has 4 aromatic rings. The van der Waals surface area contributed by atoms with Gasteiger partial charge in [-0.15, -0.1) is 0 Å². The molecule has 0 unspecified atom stereocenters. The molecule has 0 spiro atoms. The highest BCUT2D eigenvalue weighted by atomic mass is 19.1. The first kappa shape index (κ1) is 18.3. The molecule has 4 rings (SSSR count). The fourth-order valence-electron chi connectivity index (χ4n) is 2.76. The Morgan fingerprint density at radius 1 is 1.21 bits per heavy atom. The summed E-state index contributed by atoms with van der Waals surface area (Å²) < 4.78 is 17.1. The third kappa shape index (κ3) is 3.98. The summed E-state index contributed by atoms with van der Waals surface area (Å²) in [5, 5.41) is 17.5. The lowest BCUT2D eigenvalue weighted by atomic mass is 10.2. The average molecular weight is 396 g/mol. The Morgan fingerprint density at radius 3 is 2.72 bits per heavy atom. The molecule has 10 nitrogen and oxygen atoms in total. The largest absolute Gasteiger partial charge is 0.351 e. The molecule has 2 N–H and O–H groups in total. The van der Waals surface area contributed by atoms with Crippen molar-refractivity contribution in [3.63, 3.8) is 0 Å². The van der Waals surface area contributed by atoms with Gasteiger partial charge in [-0.3, -0.25) is 14.6 Å². The van der Waals surface area contributed by atoms with Gasteiger partial charge in [0, 0.05) is 31.4 Å². The number of benzene rings is 1. The Hall–Kier alpha value is -4.02. The van der Waals surface area contributed by atoms with Gasteiger partial charge in [0.2, 0.25) is 0 Å². The second kappa shape index (κ2) is 7.54. The van der Waals surface area contributed by atoms with E-state index >= 15 is 0 Å². The van der Waals surface area contributed by atoms with Gasteiger partial charge in [0.1, 0.15) is 17.8 Å². The van der Waals surface area contributed by atoms with E-state index in [-0.39, 0.29) is 29.8 Å². The standard InChI is InChI=1S/C18H17FN8O2/c1-25-9-13(8-21-25)7-20-17(28)15-6-16(24-23-15)26-11-22-27(18(26)29)10-12-2-4-14(19)5-3-12/h2-6,8-9,11H,7,10H2,1H3,(H,20,28)(H,23,24). The highest BCUT2D eigenvalue weighted by Crippen LogP contribution is 2.06. The van der Waals surface area contributed by atoms with E-state index in [4.69, 9.17) is 0 Å². The highest BCUT2D eigenvalue weighted by molar-refractivity contribution is 5.92. The van der Waals surface area contributed by atoms with Crippen molar-refractivity contribution in [3.8, 4) is 5.82 Å². The predicted octanol–water partition coefficient (Wildman–Crippen LogP) is 0.608. The number of H-pyrrole nitrogens is 1. The molecule has 0 saturated carbocycles. The minimum Gasteiger partial charge on any atom is -0.347 e. The average Bonchev–Trinajstić information content (AvgIpc) is 3.43. The maximum atomic E-state index is 13.0. The number of aryl methyl sites for hydroxylation is 1. The van der Waals surface area contributed by atoms with Crippen LogP contribution >= 0.6 is 0 Å². The quantitative estimate of drug-likeness (QED) is 0.495. The van der Waals surface area contributed by atoms with E-state index < -0.39 is 5.69 Å². The van der Waals surface area contributed by atoms with E-state index in [1.165, 1.54) is 33.8 Å². The van der Waals surface area contributed by atoms with Crippen LogP contribution in [0, 0.1) is 5.82 Å². The van der Waals surface area contributed by atoms with Crippen molar-refractivity contribution in [1.29, 1.82) is 0 Å². The number of nitrogens with zero attached hydrogens (tertiary/aromatic N) is 6. The molecule has 0 aliphatic heterocycles. The molecule has 0 aliphatic rings. The van der Waals surface area contributed by atoms with Crippen molar-refractivity contribution in [2.45, 2.75) is 13.1 Å². The van der Waals surface area contributed by atoms with Gasteiger partial charge in [-0.25, -0.2) is 18.4 Å². The molecule has 0 atom stereocenters. The molecular formula is C18H17FN8O2. The summed E-state index contributed by atoms with van der Waals surface area (Å²) in [6.45, 7) is 0.506. The van der Waals surface area contributed by atoms with Crippen molar-refractivity contribution in [3.05, 3.63) is 82.2 Å². The topological polar surface area (TPSA) is 115 Å². The summed E-state index contributed by atoms with van der Waals surface area (Å²) in [6, 6.07) is 7.27. The SMILES string of the molecule is Cn1cc(CNC(=O)c2cc(-n3cnn(Cc4ccc(F)cc4)c3=O)n[nH]2)cn1. The zero-order chi connectivity index (χ0) is 20.4. The minimum absolute atomic E-state index is 0.189. The maximum absolute atomic E-state index is 13.0. The van der Waals surface area contributed by atoms with Crippen molar-refractivity contribution in [2.24, 2.45) is 7.05 Å². The summed E-state index contributed by atoms with van der Waals surface area (Å²) in [5.74, 6) is -0.469. The molecule has 0 radical (unpaired) electrons. The van der Waals surface area contributed by atoms with E-state index in [1.54, 1.807) is 36.3 Å². The Labute approximate surface area is 163 Å². The number of hydrogen-bond acceptors (Lipinski definition) is 5. The van der Waals surface area contributed by atoms with E-state index in [9.17, 15) is 14.0 Å². The van der Waals surface area contributed by atoms with Gasteiger partial charge in [-0.2, -0.15) is 15.3 Å². The molecule has 1 amide bonds. The van der Waals surface area contributed by atoms with Crippen LogP contribution in [0.3, 0.4) is 0 Å². The van der Waals surface area contributed by atoms with Gasteiger partial charge in [-0.05, 0) is 17.7 Å². The number of nitrogens with one attached hydrogen (secondary N) is 2. The summed E-state index contributed by atoms with van der Waals surface area (Å²) in [5.41, 5.74) is 1.38. The molecule has 3 aromatic heterocycles. The van der Waals surface area contributed by atoms with Gasteiger partial charge >= 0.3 is 5.69 Å². The lowest BCUT2D eigenvalue weighted by molar-refractivity contribution is 0.0946. The molecule has 0 aliphatic carbocycles. The number of hydrogen-bond donors (Lipinski definition) is 2. The molecular weight excluding hydrogens is 379 g/mol. The van der Waals surface area contributed by atoms with Gasteiger partial charge in [0.25, 0.3) is 5.91 Å². The van der Waals surface area contributed by atoms with Crippen molar-refractivity contribution < 1.29 is 9.18 Å². The van der Waals surface area contributed by atoms with Gasteiger partial charge in [-0.1, -0.05) is 12.1 Å². The summed E-state index contributed by atoms with van der Waals surface area (Å²) in [4.78, 5) is 24.8. The maximum Gasteiger partial charge on any atom is 0.351 e. The molecule has 3 heterocycles. The Balaban J connectivity index is 1.46. The fourth-order valence-corrected chi connectivity index (χ4v) is 2.76. The van der Waals surface area contributed by atoms with Crippen LogP contribution < -0.4 is 11.0 Å². The first-order valence-electron chi connectivity index (χ1n) is 8.70. The normalized spacial score (nSPS) is 11.0. The van der Waals surface area contributed by atoms with E-state index in [0.29, 0.717) is 6.54 Å². The lowest BCUT2D eigenvalue weighted by Crippen LogP contribution is -2.24. The van der Waals surface area contributed by atoms with E-state index in [1.807, 2.05) is 0 Å². The third-order valence-electron chi connectivity index (χ3n) is 4.25. The monoisotopic (exact) mass is 396 g/mol. The number of aromatic nitrogens is 7. The van der Waals surface area contributed by atoms with Gasteiger partial charge in [0.05, 0.1) is 12.7 Å². The van der Waals surface area contributed by atoms with Crippen LogP contribution in [0.15, 0.2) is 53.8 Å². The van der Waals surface area contributed by atoms with Crippen LogP contribution in [0.25, 0.3) is 5.82 Å². The fraction of sp³-hybridized carbons (Fsp3) is 0.167. The Morgan fingerprint density at radius 2 is 2.00 bits per heavy atom. The van der Waals surface area contributed by atoms with Crippen LogP contribution in [-0.2, 0) is 20.1 Å². The second-order valence-electron chi connectivity index (χ2n) is 6.41. The number of rotatable bonds is 6. The van der Waals surface area contributed by atoms with Crippen LogP contribution in [0.4, 0.5) is 4.39 Å². The number of carbonyl (C=O) groups excluding carboxylic acids is 1. The van der Waals surface area contributed by atoms with Gasteiger partial charge in [0.15, 0.2) is 5.82 Å². The molecule has 0 bridgehead atoms. The van der Waals surface area contributed by atoms with E-state index in [0.717, 1.165) is 11.1 Å². The van der Waals surface area contributed by atoms with Crippen LogP contribution in [0.5, 0.6) is 0 Å². The second-order valence-corrected chi connectivity index (χ2v) is 6.41. The number of carbonyl (C=O) groups is 1. The zero-order valence-corrected chi connectivity index (χ0v) is 15.4. The van der Waals surface area contributed by atoms with E-state index in [2.05, 4.69) is 25.7 Å². The van der Waals surface area contributed by atoms with Crippen molar-refractivity contribution >= 4 is 5.91 Å².